The Balaban J connectivity index is 2.42. The normalized spacial score (nSPS) is 12.6. The van der Waals surface area contributed by atoms with E-state index >= 15 is 0 Å². The molecule has 1 atom stereocenters. The fourth-order valence-corrected chi connectivity index (χ4v) is 2.77. The number of aromatic nitrogens is 2. The standard InChI is InChI=1S/C16H21BrFN3/c1-3-9-19-16(12-6-5-7-13(17)15(12)18)14-8-10-20-21(14)11-4-2/h5-8,10,16,19H,3-4,9,11H2,1-2H3. The van der Waals surface area contributed by atoms with Crippen LogP contribution in [0.3, 0.4) is 0 Å². The van der Waals surface area contributed by atoms with Gasteiger partial charge in [-0.2, -0.15) is 5.10 Å². The first-order valence-electron chi connectivity index (χ1n) is 7.38. The van der Waals surface area contributed by atoms with Gasteiger partial charge in [-0.3, -0.25) is 4.68 Å². The number of hydrogen-bond acceptors (Lipinski definition) is 2. The molecule has 2 rings (SSSR count). The van der Waals surface area contributed by atoms with Crippen LogP contribution in [-0.4, -0.2) is 16.3 Å². The number of benzene rings is 1. The van der Waals surface area contributed by atoms with Gasteiger partial charge >= 0.3 is 0 Å². The maximum atomic E-state index is 14.5. The highest BCUT2D eigenvalue weighted by Gasteiger charge is 2.21. The SMILES string of the molecule is CCCNC(c1cccc(Br)c1F)c1ccnn1CCC. The van der Waals surface area contributed by atoms with Crippen LogP contribution in [0.15, 0.2) is 34.9 Å². The molecular formula is C16H21BrFN3. The molecule has 0 amide bonds. The maximum Gasteiger partial charge on any atom is 0.142 e. The van der Waals surface area contributed by atoms with Crippen LogP contribution in [0.4, 0.5) is 4.39 Å². The lowest BCUT2D eigenvalue weighted by Gasteiger charge is -2.21. The Morgan fingerprint density at radius 1 is 1.29 bits per heavy atom. The first-order valence-corrected chi connectivity index (χ1v) is 8.17. The topological polar surface area (TPSA) is 29.9 Å². The summed E-state index contributed by atoms with van der Waals surface area (Å²) in [6.07, 6.45) is 3.77. The first-order chi connectivity index (χ1) is 10.2. The number of hydrogen-bond donors (Lipinski definition) is 1. The third kappa shape index (κ3) is 3.71. The fourth-order valence-electron chi connectivity index (χ4n) is 2.39. The summed E-state index contributed by atoms with van der Waals surface area (Å²) in [6, 6.07) is 7.19. The molecule has 0 fully saturated rings. The van der Waals surface area contributed by atoms with Crippen molar-refractivity contribution >= 4 is 15.9 Å². The minimum atomic E-state index is -0.213. The Morgan fingerprint density at radius 3 is 2.81 bits per heavy atom. The smallest absolute Gasteiger partial charge is 0.142 e. The van der Waals surface area contributed by atoms with Gasteiger partial charge in [-0.1, -0.05) is 26.0 Å². The second kappa shape index (κ2) is 7.71. The predicted octanol–water partition coefficient (Wildman–Crippen LogP) is 4.28. The van der Waals surface area contributed by atoms with E-state index in [1.807, 2.05) is 22.9 Å². The summed E-state index contributed by atoms with van der Waals surface area (Å²) in [6.45, 7) is 5.88. The minimum absolute atomic E-state index is 0.184. The van der Waals surface area contributed by atoms with Gasteiger partial charge in [0.15, 0.2) is 0 Å². The second-order valence-corrected chi connectivity index (χ2v) is 5.86. The van der Waals surface area contributed by atoms with E-state index in [1.165, 1.54) is 0 Å². The van der Waals surface area contributed by atoms with Crippen molar-refractivity contribution in [2.75, 3.05) is 6.54 Å². The Morgan fingerprint density at radius 2 is 2.10 bits per heavy atom. The van der Waals surface area contributed by atoms with E-state index in [0.717, 1.165) is 31.6 Å². The molecule has 0 saturated heterocycles. The van der Waals surface area contributed by atoms with E-state index in [1.54, 1.807) is 12.3 Å². The molecule has 5 heteroatoms. The van der Waals surface area contributed by atoms with E-state index in [0.29, 0.717) is 10.0 Å². The molecule has 3 nitrogen and oxygen atoms in total. The second-order valence-electron chi connectivity index (χ2n) is 5.01. The number of halogens is 2. The zero-order chi connectivity index (χ0) is 15.2. The van der Waals surface area contributed by atoms with Gasteiger partial charge in [0.05, 0.1) is 16.2 Å². The average molecular weight is 354 g/mol. The summed E-state index contributed by atoms with van der Waals surface area (Å²) >= 11 is 3.27. The van der Waals surface area contributed by atoms with Crippen molar-refractivity contribution in [2.24, 2.45) is 0 Å². The highest BCUT2D eigenvalue weighted by molar-refractivity contribution is 9.10. The van der Waals surface area contributed by atoms with Crippen molar-refractivity contribution in [1.29, 1.82) is 0 Å². The zero-order valence-corrected chi connectivity index (χ0v) is 14.0. The van der Waals surface area contributed by atoms with E-state index in [9.17, 15) is 4.39 Å². The quantitative estimate of drug-likeness (QED) is 0.804. The molecule has 1 aromatic heterocycles. The molecule has 0 radical (unpaired) electrons. The molecule has 114 valence electrons. The molecule has 2 aromatic rings. The maximum absolute atomic E-state index is 14.5. The van der Waals surface area contributed by atoms with Crippen LogP contribution in [0.25, 0.3) is 0 Å². The molecule has 0 aliphatic carbocycles. The highest BCUT2D eigenvalue weighted by Crippen LogP contribution is 2.28. The van der Waals surface area contributed by atoms with Gasteiger partial charge in [-0.25, -0.2) is 4.39 Å². The number of rotatable bonds is 7. The summed E-state index contributed by atoms with van der Waals surface area (Å²) < 4.78 is 16.9. The highest BCUT2D eigenvalue weighted by atomic mass is 79.9. The first kappa shape index (κ1) is 16.2. The Labute approximate surface area is 133 Å². The Kier molecular flexibility index (Phi) is 5.94. The summed E-state index contributed by atoms with van der Waals surface area (Å²) in [4.78, 5) is 0. The van der Waals surface area contributed by atoms with E-state index in [2.05, 4.69) is 40.2 Å². The van der Waals surface area contributed by atoms with Crippen molar-refractivity contribution in [2.45, 2.75) is 39.3 Å². The summed E-state index contributed by atoms with van der Waals surface area (Å²) in [5, 5.41) is 7.79. The van der Waals surface area contributed by atoms with Crippen LogP contribution >= 0.6 is 15.9 Å². The van der Waals surface area contributed by atoms with Crippen molar-refractivity contribution in [3.63, 3.8) is 0 Å². The number of nitrogens with zero attached hydrogens (tertiary/aromatic N) is 2. The third-order valence-corrected chi connectivity index (χ3v) is 3.98. The number of aryl methyl sites for hydroxylation is 1. The lowest BCUT2D eigenvalue weighted by Crippen LogP contribution is -2.26. The molecule has 21 heavy (non-hydrogen) atoms. The van der Waals surface area contributed by atoms with Gasteiger partial charge in [0.25, 0.3) is 0 Å². The molecule has 0 saturated carbocycles. The van der Waals surface area contributed by atoms with Gasteiger partial charge < -0.3 is 5.32 Å². The lowest BCUT2D eigenvalue weighted by molar-refractivity contribution is 0.492. The Bertz CT molecular complexity index is 583. The largest absolute Gasteiger partial charge is 0.305 e. The van der Waals surface area contributed by atoms with Gasteiger partial charge in [-0.15, -0.1) is 0 Å². The van der Waals surface area contributed by atoms with Crippen LogP contribution in [0, 0.1) is 5.82 Å². The Hall–Kier alpha value is -1.20. The molecule has 0 bridgehead atoms. The van der Waals surface area contributed by atoms with Crippen LogP contribution in [-0.2, 0) is 6.54 Å². The molecule has 1 N–H and O–H groups in total. The molecular weight excluding hydrogens is 333 g/mol. The van der Waals surface area contributed by atoms with Crippen LogP contribution < -0.4 is 5.32 Å². The molecule has 1 unspecified atom stereocenters. The molecule has 0 aliphatic rings. The fraction of sp³-hybridized carbons (Fsp3) is 0.438. The molecule has 1 aromatic carbocycles. The van der Waals surface area contributed by atoms with Crippen molar-refractivity contribution in [3.8, 4) is 0 Å². The van der Waals surface area contributed by atoms with Gasteiger partial charge in [0, 0.05) is 18.3 Å². The van der Waals surface area contributed by atoms with E-state index < -0.39 is 0 Å². The van der Waals surface area contributed by atoms with Crippen molar-refractivity contribution in [3.05, 3.63) is 52.0 Å². The lowest BCUT2D eigenvalue weighted by atomic mass is 10.0. The summed E-state index contributed by atoms with van der Waals surface area (Å²) in [5.74, 6) is -0.213. The van der Waals surface area contributed by atoms with Gasteiger partial charge in [0.1, 0.15) is 5.82 Å². The molecule has 0 aliphatic heterocycles. The summed E-state index contributed by atoms with van der Waals surface area (Å²) in [5.41, 5.74) is 1.65. The van der Waals surface area contributed by atoms with E-state index in [-0.39, 0.29) is 11.9 Å². The monoisotopic (exact) mass is 353 g/mol. The van der Waals surface area contributed by atoms with Gasteiger partial charge in [0.2, 0.25) is 0 Å². The van der Waals surface area contributed by atoms with Crippen LogP contribution in [0.2, 0.25) is 0 Å². The molecule has 1 heterocycles. The molecule has 0 spiro atoms. The van der Waals surface area contributed by atoms with Crippen LogP contribution in [0.1, 0.15) is 44.0 Å². The average Bonchev–Trinajstić information content (AvgIpc) is 2.92. The number of nitrogens with one attached hydrogen (secondary N) is 1. The predicted molar refractivity (Wildman–Crippen MR) is 86.8 cm³/mol. The minimum Gasteiger partial charge on any atom is -0.305 e. The third-order valence-electron chi connectivity index (χ3n) is 3.37. The van der Waals surface area contributed by atoms with Crippen molar-refractivity contribution < 1.29 is 4.39 Å². The van der Waals surface area contributed by atoms with E-state index in [4.69, 9.17) is 0 Å². The zero-order valence-electron chi connectivity index (χ0n) is 12.4. The van der Waals surface area contributed by atoms with Gasteiger partial charge in [-0.05, 0) is 47.4 Å². The summed E-state index contributed by atoms with van der Waals surface area (Å²) in [7, 11) is 0. The van der Waals surface area contributed by atoms with Crippen LogP contribution in [0.5, 0.6) is 0 Å². The van der Waals surface area contributed by atoms with Crippen molar-refractivity contribution in [1.82, 2.24) is 15.1 Å².